The first-order valence-electron chi connectivity index (χ1n) is 10.5. The van der Waals surface area contributed by atoms with E-state index < -0.39 is 35.2 Å². The van der Waals surface area contributed by atoms with Gasteiger partial charge >= 0.3 is 17.9 Å². The maximum atomic E-state index is 12.4. The van der Waals surface area contributed by atoms with Gasteiger partial charge in [-0.2, -0.15) is 0 Å². The van der Waals surface area contributed by atoms with Crippen LogP contribution in [0.4, 0.5) is 0 Å². The van der Waals surface area contributed by atoms with Gasteiger partial charge in [0.15, 0.2) is 0 Å². The van der Waals surface area contributed by atoms with Gasteiger partial charge in [-0.15, -0.1) is 0 Å². The third-order valence-corrected chi connectivity index (χ3v) is 5.62. The molecule has 6 heteroatoms. The zero-order valence-electron chi connectivity index (χ0n) is 17.2. The SMILES string of the molecule is CCCCCC(C(=O)O)C(CCCCC)(C(=O)O)C(CCCCC)C(=O)O. The van der Waals surface area contributed by atoms with Crippen molar-refractivity contribution >= 4 is 17.9 Å². The molecule has 27 heavy (non-hydrogen) atoms. The van der Waals surface area contributed by atoms with Crippen molar-refractivity contribution in [1.29, 1.82) is 0 Å². The van der Waals surface area contributed by atoms with Crippen LogP contribution in [0.1, 0.15) is 97.8 Å². The first kappa shape index (κ1) is 25.4. The van der Waals surface area contributed by atoms with Crippen molar-refractivity contribution in [2.24, 2.45) is 17.3 Å². The summed E-state index contributed by atoms with van der Waals surface area (Å²) in [5.74, 6) is -6.01. The van der Waals surface area contributed by atoms with Gasteiger partial charge in [0.2, 0.25) is 0 Å². The van der Waals surface area contributed by atoms with Crippen LogP contribution in [-0.2, 0) is 14.4 Å². The number of hydrogen-bond acceptors (Lipinski definition) is 3. The van der Waals surface area contributed by atoms with Crippen molar-refractivity contribution in [3.8, 4) is 0 Å². The first-order valence-corrected chi connectivity index (χ1v) is 10.5. The fourth-order valence-electron chi connectivity index (χ4n) is 4.06. The van der Waals surface area contributed by atoms with Gasteiger partial charge < -0.3 is 15.3 Å². The number of carboxylic acid groups (broad SMARTS) is 3. The summed E-state index contributed by atoms with van der Waals surface area (Å²) in [7, 11) is 0. The van der Waals surface area contributed by atoms with Crippen LogP contribution in [0.5, 0.6) is 0 Å². The van der Waals surface area contributed by atoms with Gasteiger partial charge in [0.05, 0.1) is 17.3 Å². The Hall–Kier alpha value is -1.59. The van der Waals surface area contributed by atoms with Gasteiger partial charge in [0, 0.05) is 0 Å². The van der Waals surface area contributed by atoms with Crippen LogP contribution in [0, 0.1) is 17.3 Å². The van der Waals surface area contributed by atoms with E-state index in [9.17, 15) is 29.7 Å². The van der Waals surface area contributed by atoms with E-state index in [-0.39, 0.29) is 19.3 Å². The van der Waals surface area contributed by atoms with Crippen LogP contribution in [0.15, 0.2) is 0 Å². The molecular formula is C21H38O6. The fourth-order valence-corrected chi connectivity index (χ4v) is 4.06. The molecule has 0 aliphatic rings. The van der Waals surface area contributed by atoms with Crippen LogP contribution < -0.4 is 0 Å². The summed E-state index contributed by atoms with van der Waals surface area (Å²) in [5, 5.41) is 29.9. The highest BCUT2D eigenvalue weighted by atomic mass is 16.4. The molecule has 0 saturated heterocycles. The van der Waals surface area contributed by atoms with Gasteiger partial charge in [-0.25, -0.2) is 0 Å². The van der Waals surface area contributed by atoms with Crippen LogP contribution >= 0.6 is 0 Å². The van der Waals surface area contributed by atoms with Crippen molar-refractivity contribution in [1.82, 2.24) is 0 Å². The maximum absolute atomic E-state index is 12.4. The first-order chi connectivity index (χ1) is 12.8. The summed E-state index contributed by atoms with van der Waals surface area (Å²) in [6, 6.07) is 0. The molecule has 2 atom stereocenters. The third kappa shape index (κ3) is 7.51. The van der Waals surface area contributed by atoms with Crippen LogP contribution in [0.25, 0.3) is 0 Å². The molecule has 0 amide bonds. The summed E-state index contributed by atoms with van der Waals surface area (Å²) in [6.45, 7) is 5.97. The monoisotopic (exact) mass is 386 g/mol. The molecule has 0 aromatic heterocycles. The third-order valence-electron chi connectivity index (χ3n) is 5.62. The summed E-state index contributed by atoms with van der Waals surface area (Å²) in [6.07, 6.45) is 7.24. The second kappa shape index (κ2) is 13.6. The summed E-state index contributed by atoms with van der Waals surface area (Å²) in [4.78, 5) is 36.6. The van der Waals surface area contributed by atoms with E-state index in [4.69, 9.17) is 0 Å². The lowest BCUT2D eigenvalue weighted by atomic mass is 9.61. The predicted octanol–water partition coefficient (Wildman–Crippen LogP) is 5.20. The zero-order valence-corrected chi connectivity index (χ0v) is 17.2. The van der Waals surface area contributed by atoms with Gasteiger partial charge in [0.1, 0.15) is 0 Å². The Balaban J connectivity index is 6.03. The Bertz CT molecular complexity index is 432. The highest BCUT2D eigenvalue weighted by Crippen LogP contribution is 2.46. The van der Waals surface area contributed by atoms with Crippen molar-refractivity contribution in [3.63, 3.8) is 0 Å². The van der Waals surface area contributed by atoms with E-state index in [1.54, 1.807) is 0 Å². The summed E-state index contributed by atoms with van der Waals surface area (Å²) < 4.78 is 0. The van der Waals surface area contributed by atoms with Crippen LogP contribution in [0.2, 0.25) is 0 Å². The van der Waals surface area contributed by atoms with Gasteiger partial charge in [-0.1, -0.05) is 78.6 Å². The Morgan fingerprint density at radius 2 is 1.04 bits per heavy atom. The van der Waals surface area contributed by atoms with E-state index in [1.165, 1.54) is 0 Å². The highest BCUT2D eigenvalue weighted by molar-refractivity contribution is 5.88. The molecule has 6 nitrogen and oxygen atoms in total. The quantitative estimate of drug-likeness (QED) is 0.296. The van der Waals surface area contributed by atoms with Crippen molar-refractivity contribution in [3.05, 3.63) is 0 Å². The lowest BCUT2D eigenvalue weighted by Crippen LogP contribution is -2.51. The van der Waals surface area contributed by atoms with Crippen molar-refractivity contribution < 1.29 is 29.7 Å². The molecule has 0 fully saturated rings. The van der Waals surface area contributed by atoms with E-state index >= 15 is 0 Å². The molecule has 0 radical (unpaired) electrons. The standard InChI is InChI=1S/C21H38O6/c1-4-7-10-13-16(18(22)23)21(20(26)27,15-12-9-6-3)17(19(24)25)14-11-8-5-2/h16-17H,4-15H2,1-3H3,(H,22,23)(H,24,25)(H,26,27). The number of unbranched alkanes of at least 4 members (excludes halogenated alkanes) is 6. The molecule has 0 aromatic carbocycles. The molecule has 2 unspecified atom stereocenters. The Labute approximate surface area is 163 Å². The van der Waals surface area contributed by atoms with Crippen molar-refractivity contribution in [2.45, 2.75) is 97.8 Å². The second-order valence-corrected chi connectivity index (χ2v) is 7.58. The topological polar surface area (TPSA) is 112 Å². The molecule has 0 aliphatic carbocycles. The smallest absolute Gasteiger partial charge is 0.311 e. The predicted molar refractivity (Wildman–Crippen MR) is 105 cm³/mol. The molecule has 0 saturated carbocycles. The minimum Gasteiger partial charge on any atom is -0.481 e. The molecule has 0 heterocycles. The number of aliphatic carboxylic acids is 3. The maximum Gasteiger partial charge on any atom is 0.311 e. The molecule has 158 valence electrons. The van der Waals surface area contributed by atoms with E-state index in [2.05, 4.69) is 0 Å². The second-order valence-electron chi connectivity index (χ2n) is 7.58. The normalized spacial score (nSPS) is 15.7. The average Bonchev–Trinajstić information content (AvgIpc) is 2.60. The Kier molecular flexibility index (Phi) is 12.8. The fraction of sp³-hybridized carbons (Fsp3) is 0.857. The molecule has 0 aromatic rings. The number of carboxylic acids is 3. The summed E-state index contributed by atoms with van der Waals surface area (Å²) >= 11 is 0. The Morgan fingerprint density at radius 1 is 0.667 bits per heavy atom. The molecule has 0 rings (SSSR count). The van der Waals surface area contributed by atoms with Crippen molar-refractivity contribution in [2.75, 3.05) is 0 Å². The highest BCUT2D eigenvalue weighted by Gasteiger charge is 2.56. The number of hydrogen-bond donors (Lipinski definition) is 3. The minimum atomic E-state index is -1.76. The van der Waals surface area contributed by atoms with E-state index in [1.807, 2.05) is 20.8 Å². The molecule has 0 bridgehead atoms. The van der Waals surface area contributed by atoms with E-state index in [0.717, 1.165) is 38.5 Å². The number of rotatable bonds is 17. The average molecular weight is 387 g/mol. The number of carbonyl (C=O) groups is 3. The minimum absolute atomic E-state index is 0.0996. The zero-order chi connectivity index (χ0) is 20.9. The molecule has 0 spiro atoms. The van der Waals surface area contributed by atoms with Gasteiger partial charge in [-0.05, 0) is 19.3 Å². The summed E-state index contributed by atoms with van der Waals surface area (Å²) in [5.41, 5.74) is -1.76. The largest absolute Gasteiger partial charge is 0.481 e. The van der Waals surface area contributed by atoms with Crippen LogP contribution in [-0.4, -0.2) is 33.2 Å². The lowest BCUT2D eigenvalue weighted by Gasteiger charge is -2.40. The van der Waals surface area contributed by atoms with Gasteiger partial charge in [0.25, 0.3) is 0 Å². The molecular weight excluding hydrogens is 348 g/mol. The Morgan fingerprint density at radius 3 is 1.33 bits per heavy atom. The van der Waals surface area contributed by atoms with Gasteiger partial charge in [-0.3, -0.25) is 14.4 Å². The molecule has 3 N–H and O–H groups in total. The lowest BCUT2D eigenvalue weighted by molar-refractivity contribution is -0.176. The van der Waals surface area contributed by atoms with Crippen LogP contribution in [0.3, 0.4) is 0 Å². The molecule has 0 aliphatic heterocycles. The van der Waals surface area contributed by atoms with E-state index in [0.29, 0.717) is 19.3 Å².